The van der Waals surface area contributed by atoms with Crippen molar-refractivity contribution in [1.82, 2.24) is 4.90 Å². The lowest BCUT2D eigenvalue weighted by atomic mass is 9.90. The summed E-state index contributed by atoms with van der Waals surface area (Å²) >= 11 is 9.00. The van der Waals surface area contributed by atoms with Crippen LogP contribution in [0.5, 0.6) is 0 Å². The molecule has 0 saturated carbocycles. The summed E-state index contributed by atoms with van der Waals surface area (Å²) in [6, 6.07) is 3.06. The predicted molar refractivity (Wildman–Crippen MR) is 79.9 cm³/mol. The van der Waals surface area contributed by atoms with Crippen LogP contribution in [0.25, 0.3) is 0 Å². The monoisotopic (exact) mass is 363 g/mol. The maximum absolute atomic E-state index is 14.2. The highest BCUT2D eigenvalue weighted by molar-refractivity contribution is 9.10. The van der Waals surface area contributed by atoms with Gasteiger partial charge in [0.2, 0.25) is 0 Å². The lowest BCUT2D eigenvalue weighted by Crippen LogP contribution is -2.54. The van der Waals surface area contributed by atoms with E-state index in [1.165, 1.54) is 6.07 Å². The van der Waals surface area contributed by atoms with E-state index in [-0.39, 0.29) is 16.4 Å². The van der Waals surface area contributed by atoms with Gasteiger partial charge in [0, 0.05) is 17.6 Å². The summed E-state index contributed by atoms with van der Waals surface area (Å²) in [5.41, 5.74) is -0.767. The third-order valence-electron chi connectivity index (χ3n) is 3.64. The molecule has 0 N–H and O–H groups in total. The minimum absolute atomic E-state index is 0.0229. The molecular formula is C14H16BrClFNO2. The molecule has 20 heavy (non-hydrogen) atoms. The number of hydrogen-bond acceptors (Lipinski definition) is 3. The van der Waals surface area contributed by atoms with Crippen LogP contribution >= 0.6 is 27.5 Å². The van der Waals surface area contributed by atoms with Gasteiger partial charge in [-0.3, -0.25) is 9.69 Å². The molecule has 0 bridgehead atoms. The number of nitrogens with zero attached hydrogens (tertiary/aromatic N) is 1. The van der Waals surface area contributed by atoms with Crippen molar-refractivity contribution in [3.8, 4) is 0 Å². The molecule has 110 valence electrons. The zero-order valence-electron chi connectivity index (χ0n) is 11.4. The Hall–Kier alpha value is -0.490. The van der Waals surface area contributed by atoms with Crippen LogP contribution in [0.15, 0.2) is 16.6 Å². The quantitative estimate of drug-likeness (QED) is 0.607. The van der Waals surface area contributed by atoms with Crippen molar-refractivity contribution in [2.45, 2.75) is 19.4 Å². The third kappa shape index (κ3) is 2.91. The number of carbonyl (C=O) groups is 1. The van der Waals surface area contributed by atoms with Gasteiger partial charge in [0.15, 0.2) is 11.6 Å². The Balaban J connectivity index is 2.32. The zero-order chi connectivity index (χ0) is 14.9. The van der Waals surface area contributed by atoms with Crippen LogP contribution in [-0.4, -0.2) is 42.5 Å². The number of rotatable bonds is 3. The van der Waals surface area contributed by atoms with Crippen LogP contribution in [-0.2, 0) is 4.74 Å². The fourth-order valence-corrected chi connectivity index (χ4v) is 2.77. The molecule has 1 aromatic carbocycles. The second-order valence-electron chi connectivity index (χ2n) is 5.21. The Kier molecular flexibility index (Phi) is 4.84. The molecule has 1 aliphatic rings. The van der Waals surface area contributed by atoms with Gasteiger partial charge in [0.25, 0.3) is 0 Å². The average molecular weight is 365 g/mol. The lowest BCUT2D eigenvalue weighted by Gasteiger charge is -2.39. The number of Topliss-reactive ketones (excluding diaryl/α,β-unsaturated/α-hetero) is 1. The summed E-state index contributed by atoms with van der Waals surface area (Å²) < 4.78 is 19.9. The molecule has 1 saturated heterocycles. The Labute approximate surface area is 131 Å². The van der Waals surface area contributed by atoms with Gasteiger partial charge in [0.1, 0.15) is 0 Å². The normalized spacial score (nSPS) is 17.2. The highest BCUT2D eigenvalue weighted by atomic mass is 79.9. The van der Waals surface area contributed by atoms with Crippen LogP contribution in [0.3, 0.4) is 0 Å². The first-order valence-electron chi connectivity index (χ1n) is 6.37. The molecule has 3 nitrogen and oxygen atoms in total. The second kappa shape index (κ2) is 6.10. The van der Waals surface area contributed by atoms with Crippen molar-refractivity contribution in [3.05, 3.63) is 33.0 Å². The molecule has 0 aliphatic carbocycles. The Morgan fingerprint density at radius 3 is 2.60 bits per heavy atom. The maximum Gasteiger partial charge on any atom is 0.185 e. The van der Waals surface area contributed by atoms with Gasteiger partial charge in [-0.25, -0.2) is 4.39 Å². The summed E-state index contributed by atoms with van der Waals surface area (Å²) in [5.74, 6) is -0.946. The summed E-state index contributed by atoms with van der Waals surface area (Å²) in [5, 5.41) is -0.0615. The summed E-state index contributed by atoms with van der Waals surface area (Å²) in [6.45, 7) is 6.09. The fourth-order valence-electron chi connectivity index (χ4n) is 2.30. The first-order chi connectivity index (χ1) is 9.35. The molecule has 0 unspecified atom stereocenters. The average Bonchev–Trinajstić information content (AvgIpc) is 2.45. The first-order valence-corrected chi connectivity index (χ1v) is 7.54. The van der Waals surface area contributed by atoms with Crippen LogP contribution in [0.2, 0.25) is 5.02 Å². The third-order valence-corrected chi connectivity index (χ3v) is 4.90. The number of morpholine rings is 1. The molecule has 1 aliphatic heterocycles. The largest absolute Gasteiger partial charge is 0.379 e. The molecular weight excluding hydrogens is 349 g/mol. The lowest BCUT2D eigenvalue weighted by molar-refractivity contribution is -0.00443. The van der Waals surface area contributed by atoms with Crippen molar-refractivity contribution in [2.75, 3.05) is 26.3 Å². The van der Waals surface area contributed by atoms with E-state index in [0.29, 0.717) is 30.8 Å². The number of carbonyl (C=O) groups excluding carboxylic acids is 1. The van der Waals surface area contributed by atoms with Crippen LogP contribution in [0.1, 0.15) is 24.2 Å². The van der Waals surface area contributed by atoms with Crippen LogP contribution < -0.4 is 0 Å². The minimum atomic E-state index is -0.790. The molecule has 1 aromatic rings. The number of halogens is 3. The van der Waals surface area contributed by atoms with E-state index in [9.17, 15) is 9.18 Å². The van der Waals surface area contributed by atoms with Crippen molar-refractivity contribution < 1.29 is 13.9 Å². The van der Waals surface area contributed by atoms with E-state index < -0.39 is 11.4 Å². The van der Waals surface area contributed by atoms with E-state index >= 15 is 0 Å². The smallest absolute Gasteiger partial charge is 0.185 e. The van der Waals surface area contributed by atoms with Gasteiger partial charge in [-0.2, -0.15) is 0 Å². The molecule has 1 fully saturated rings. The Morgan fingerprint density at radius 2 is 2.00 bits per heavy atom. The number of hydrogen-bond donors (Lipinski definition) is 0. The van der Waals surface area contributed by atoms with E-state index in [0.717, 1.165) is 0 Å². The van der Waals surface area contributed by atoms with Gasteiger partial charge in [-0.05, 0) is 41.9 Å². The first kappa shape index (κ1) is 15.9. The molecule has 0 spiro atoms. The van der Waals surface area contributed by atoms with Crippen molar-refractivity contribution in [2.24, 2.45) is 0 Å². The van der Waals surface area contributed by atoms with Gasteiger partial charge >= 0.3 is 0 Å². The predicted octanol–water partition coefficient (Wildman–Crippen LogP) is 3.54. The van der Waals surface area contributed by atoms with Crippen LogP contribution in [0.4, 0.5) is 4.39 Å². The van der Waals surface area contributed by atoms with Crippen molar-refractivity contribution >= 4 is 33.3 Å². The number of benzene rings is 1. The highest BCUT2D eigenvalue weighted by Gasteiger charge is 2.37. The van der Waals surface area contributed by atoms with Crippen LogP contribution in [0, 0.1) is 5.82 Å². The molecule has 0 amide bonds. The molecule has 2 rings (SSSR count). The highest BCUT2D eigenvalue weighted by Crippen LogP contribution is 2.30. The fraction of sp³-hybridized carbons (Fsp3) is 0.500. The van der Waals surface area contributed by atoms with Gasteiger partial charge in [0.05, 0.1) is 29.3 Å². The molecule has 0 atom stereocenters. The van der Waals surface area contributed by atoms with E-state index in [2.05, 4.69) is 15.9 Å². The molecule has 6 heteroatoms. The summed E-state index contributed by atoms with van der Waals surface area (Å²) in [4.78, 5) is 14.7. The molecule has 0 aromatic heterocycles. The van der Waals surface area contributed by atoms with Gasteiger partial charge in [-0.15, -0.1) is 0 Å². The van der Waals surface area contributed by atoms with E-state index in [4.69, 9.17) is 16.3 Å². The maximum atomic E-state index is 14.2. The van der Waals surface area contributed by atoms with E-state index in [1.807, 2.05) is 4.90 Å². The topological polar surface area (TPSA) is 29.5 Å². The molecule has 0 radical (unpaired) electrons. The Morgan fingerprint density at radius 1 is 1.40 bits per heavy atom. The molecule has 1 heterocycles. The van der Waals surface area contributed by atoms with E-state index in [1.54, 1.807) is 19.9 Å². The van der Waals surface area contributed by atoms with Crippen molar-refractivity contribution in [3.63, 3.8) is 0 Å². The second-order valence-corrected chi connectivity index (χ2v) is 6.44. The van der Waals surface area contributed by atoms with Gasteiger partial charge in [-0.1, -0.05) is 11.6 Å². The number of ether oxygens (including phenoxy) is 1. The standard InChI is InChI=1S/C14H16BrClFNO2/c1-14(2,18-5-7-20-8-6-18)13(19)9-3-4-10(15)11(16)12(9)17/h3-4H,5-8H2,1-2H3. The minimum Gasteiger partial charge on any atom is -0.379 e. The number of ketones is 1. The zero-order valence-corrected chi connectivity index (χ0v) is 13.7. The summed E-state index contributed by atoms with van der Waals surface area (Å²) in [6.07, 6.45) is 0. The Bertz CT molecular complexity index is 530. The summed E-state index contributed by atoms with van der Waals surface area (Å²) in [7, 11) is 0. The van der Waals surface area contributed by atoms with Crippen molar-refractivity contribution in [1.29, 1.82) is 0 Å². The SMILES string of the molecule is CC(C)(C(=O)c1ccc(Br)c(Cl)c1F)N1CCOCC1. The van der Waals surface area contributed by atoms with Gasteiger partial charge < -0.3 is 4.74 Å².